The average molecular weight is 377 g/mol. The third-order valence-electron chi connectivity index (χ3n) is 3.86. The van der Waals surface area contributed by atoms with E-state index in [2.05, 4.69) is 5.32 Å². The molecule has 2 aromatic carbocycles. The zero-order valence-corrected chi connectivity index (χ0v) is 15.5. The lowest BCUT2D eigenvalue weighted by molar-refractivity contribution is -0.115. The summed E-state index contributed by atoms with van der Waals surface area (Å²) < 4.78 is 0. The molecule has 0 aliphatic rings. The zero-order valence-electron chi connectivity index (χ0n) is 14.8. The van der Waals surface area contributed by atoms with Crippen LogP contribution in [0, 0.1) is 0 Å². The molecule has 7 heteroatoms. The molecule has 0 radical (unpaired) electrons. The molecular formula is C19H21ClN2O4. The Bertz CT molecular complexity index is 873. The summed E-state index contributed by atoms with van der Waals surface area (Å²) in [7, 11) is 0. The summed E-state index contributed by atoms with van der Waals surface area (Å²) >= 11 is 5.89. The molecular weight excluding hydrogens is 356 g/mol. The van der Waals surface area contributed by atoms with Gasteiger partial charge in [0.2, 0.25) is 11.8 Å². The van der Waals surface area contributed by atoms with Crippen LogP contribution in [-0.2, 0) is 16.6 Å². The maximum Gasteiger partial charge on any atom is 0.249 e. The fraction of sp³-hybridized carbons (Fsp3) is 0.263. The summed E-state index contributed by atoms with van der Waals surface area (Å²) in [6.07, 6.45) is -0.157. The highest BCUT2D eigenvalue weighted by molar-refractivity contribution is 6.30. The molecule has 2 aromatic rings. The van der Waals surface area contributed by atoms with Gasteiger partial charge in [0.25, 0.3) is 0 Å². The minimum Gasteiger partial charge on any atom is -0.508 e. The van der Waals surface area contributed by atoms with Gasteiger partial charge in [0.1, 0.15) is 11.5 Å². The third-order valence-corrected chi connectivity index (χ3v) is 4.09. The number of nitrogens with two attached hydrogens (primary N) is 1. The molecule has 0 spiro atoms. The molecule has 6 nitrogen and oxygen atoms in total. The second-order valence-corrected chi connectivity index (χ2v) is 7.43. The first-order valence-electron chi connectivity index (χ1n) is 7.94. The number of benzene rings is 2. The molecule has 0 aliphatic carbocycles. The van der Waals surface area contributed by atoms with Gasteiger partial charge in [0, 0.05) is 16.1 Å². The van der Waals surface area contributed by atoms with E-state index in [4.69, 9.17) is 17.3 Å². The maximum atomic E-state index is 12.5. The summed E-state index contributed by atoms with van der Waals surface area (Å²) in [4.78, 5) is 24.2. The molecule has 2 amide bonds. The summed E-state index contributed by atoms with van der Waals surface area (Å²) in [6.45, 7) is 5.52. The highest BCUT2D eigenvalue weighted by atomic mass is 35.5. The number of aromatic hydroxyl groups is 2. The number of phenolic OH excluding ortho intramolecular Hbond substituents is 2. The van der Waals surface area contributed by atoms with Gasteiger partial charge in [-0.15, -0.1) is 0 Å². The molecule has 0 fully saturated rings. The molecule has 138 valence electrons. The second-order valence-electron chi connectivity index (χ2n) is 6.99. The van der Waals surface area contributed by atoms with Gasteiger partial charge in [-0.3, -0.25) is 9.59 Å². The van der Waals surface area contributed by atoms with Crippen molar-refractivity contribution in [2.45, 2.75) is 32.6 Å². The van der Waals surface area contributed by atoms with Crippen molar-refractivity contribution in [2.24, 2.45) is 5.73 Å². The van der Waals surface area contributed by atoms with Crippen molar-refractivity contribution in [1.82, 2.24) is 0 Å². The molecule has 0 aliphatic heterocycles. The Balaban J connectivity index is 2.42. The lowest BCUT2D eigenvalue weighted by Crippen LogP contribution is -2.25. The van der Waals surface area contributed by atoms with Crippen LogP contribution in [0.25, 0.3) is 0 Å². The smallest absolute Gasteiger partial charge is 0.249 e. The van der Waals surface area contributed by atoms with Crippen molar-refractivity contribution in [1.29, 1.82) is 0 Å². The van der Waals surface area contributed by atoms with Gasteiger partial charge in [0.15, 0.2) is 0 Å². The number of carbonyl (C=O) groups is 2. The summed E-state index contributed by atoms with van der Waals surface area (Å²) in [5.74, 6) is -1.37. The van der Waals surface area contributed by atoms with Crippen LogP contribution < -0.4 is 11.1 Å². The number of hydrogen-bond acceptors (Lipinski definition) is 4. The molecule has 0 saturated heterocycles. The maximum absolute atomic E-state index is 12.5. The summed E-state index contributed by atoms with van der Waals surface area (Å²) in [5, 5.41) is 23.1. The number of rotatable bonds is 4. The largest absolute Gasteiger partial charge is 0.508 e. The molecule has 0 saturated carbocycles. The quantitative estimate of drug-likeness (QED) is 0.613. The SMILES string of the molecule is CC(C)(C)c1c(C(N)=O)ccc(O)c1NC(=O)Cc1cc(Cl)ccc1O. The number of phenols is 2. The van der Waals surface area contributed by atoms with Crippen LogP contribution in [0.4, 0.5) is 5.69 Å². The van der Waals surface area contributed by atoms with E-state index in [9.17, 15) is 19.8 Å². The normalized spacial score (nSPS) is 11.2. The van der Waals surface area contributed by atoms with Crippen molar-refractivity contribution in [3.8, 4) is 11.5 Å². The number of primary amides is 1. The van der Waals surface area contributed by atoms with Gasteiger partial charge in [-0.1, -0.05) is 32.4 Å². The minimum atomic E-state index is -0.655. The van der Waals surface area contributed by atoms with Crippen LogP contribution in [-0.4, -0.2) is 22.0 Å². The highest BCUT2D eigenvalue weighted by Gasteiger charge is 2.27. The lowest BCUT2D eigenvalue weighted by Gasteiger charge is -2.26. The van der Waals surface area contributed by atoms with Crippen molar-refractivity contribution in [2.75, 3.05) is 5.32 Å². The zero-order chi connectivity index (χ0) is 19.6. The minimum absolute atomic E-state index is 0.0595. The molecule has 26 heavy (non-hydrogen) atoms. The van der Waals surface area contributed by atoms with Crippen LogP contribution in [0.2, 0.25) is 5.02 Å². The fourth-order valence-corrected chi connectivity index (χ4v) is 2.95. The predicted octanol–water partition coefficient (Wildman–Crippen LogP) is 3.33. The fourth-order valence-electron chi connectivity index (χ4n) is 2.75. The van der Waals surface area contributed by atoms with E-state index < -0.39 is 17.2 Å². The van der Waals surface area contributed by atoms with E-state index in [0.717, 1.165) is 0 Å². The molecule has 0 bridgehead atoms. The Labute approximate surface area is 156 Å². The van der Waals surface area contributed by atoms with Gasteiger partial charge >= 0.3 is 0 Å². The van der Waals surface area contributed by atoms with Gasteiger partial charge < -0.3 is 21.3 Å². The van der Waals surface area contributed by atoms with E-state index in [1.165, 1.54) is 30.3 Å². The van der Waals surface area contributed by atoms with Crippen LogP contribution in [0.5, 0.6) is 11.5 Å². The number of hydrogen-bond donors (Lipinski definition) is 4. The first-order valence-corrected chi connectivity index (χ1v) is 8.32. The van der Waals surface area contributed by atoms with E-state index in [1.807, 2.05) is 20.8 Å². The number of carbonyl (C=O) groups excluding carboxylic acids is 2. The highest BCUT2D eigenvalue weighted by Crippen LogP contribution is 2.38. The predicted molar refractivity (Wildman–Crippen MR) is 101 cm³/mol. The van der Waals surface area contributed by atoms with Gasteiger partial charge in [-0.25, -0.2) is 0 Å². The Morgan fingerprint density at radius 2 is 1.73 bits per heavy atom. The average Bonchev–Trinajstić information content (AvgIpc) is 2.51. The molecule has 0 heterocycles. The Morgan fingerprint density at radius 1 is 1.12 bits per heavy atom. The van der Waals surface area contributed by atoms with E-state index in [-0.39, 0.29) is 29.2 Å². The number of amides is 2. The molecule has 2 rings (SSSR count). The second kappa shape index (κ2) is 7.25. The standard InChI is InChI=1S/C19H21ClN2O4/c1-19(2,3)16-12(18(21)26)5-7-14(24)17(16)22-15(25)9-10-8-11(20)4-6-13(10)23/h4-8,23-24H,9H2,1-3H3,(H2,21,26)(H,22,25). The van der Waals surface area contributed by atoms with Gasteiger partial charge in [-0.2, -0.15) is 0 Å². The lowest BCUT2D eigenvalue weighted by atomic mass is 9.81. The monoisotopic (exact) mass is 376 g/mol. The number of nitrogens with one attached hydrogen (secondary N) is 1. The molecule has 0 aromatic heterocycles. The van der Waals surface area contributed by atoms with Crippen LogP contribution >= 0.6 is 11.6 Å². The molecule has 0 unspecified atom stereocenters. The van der Waals surface area contributed by atoms with Crippen LogP contribution in [0.1, 0.15) is 42.3 Å². The Kier molecular flexibility index (Phi) is 5.47. The molecule has 0 atom stereocenters. The molecule has 5 N–H and O–H groups in total. The summed E-state index contributed by atoms with van der Waals surface area (Å²) in [6, 6.07) is 7.13. The first kappa shape index (κ1) is 19.6. The van der Waals surface area contributed by atoms with E-state index >= 15 is 0 Å². The number of anilines is 1. The third kappa shape index (κ3) is 4.26. The number of halogens is 1. The van der Waals surface area contributed by atoms with Crippen molar-refractivity contribution >= 4 is 29.1 Å². The van der Waals surface area contributed by atoms with Gasteiger partial charge in [0.05, 0.1) is 12.1 Å². The topological polar surface area (TPSA) is 113 Å². The van der Waals surface area contributed by atoms with Crippen molar-refractivity contribution < 1.29 is 19.8 Å². The van der Waals surface area contributed by atoms with E-state index in [0.29, 0.717) is 16.1 Å². The van der Waals surface area contributed by atoms with Crippen LogP contribution in [0.15, 0.2) is 30.3 Å². The Hall–Kier alpha value is -2.73. The van der Waals surface area contributed by atoms with E-state index in [1.54, 1.807) is 0 Å². The van der Waals surface area contributed by atoms with Crippen molar-refractivity contribution in [3.63, 3.8) is 0 Å². The Morgan fingerprint density at radius 3 is 2.31 bits per heavy atom. The first-order chi connectivity index (χ1) is 12.0. The van der Waals surface area contributed by atoms with Gasteiger partial charge in [-0.05, 0) is 41.3 Å². The van der Waals surface area contributed by atoms with Crippen LogP contribution in [0.3, 0.4) is 0 Å². The van der Waals surface area contributed by atoms with Crippen molar-refractivity contribution in [3.05, 3.63) is 52.0 Å². The summed E-state index contributed by atoms with van der Waals surface area (Å²) in [5.41, 5.74) is 6.00.